The van der Waals surface area contributed by atoms with Gasteiger partial charge in [0.05, 0.1) is 17.8 Å². The first-order valence-electron chi connectivity index (χ1n) is 4.80. The number of amides is 1. The molecule has 0 spiro atoms. The van der Waals surface area contributed by atoms with Crippen LogP contribution in [0.25, 0.3) is 0 Å². The summed E-state index contributed by atoms with van der Waals surface area (Å²) in [5, 5.41) is 6.09. The van der Waals surface area contributed by atoms with Crippen molar-refractivity contribution in [2.75, 3.05) is 6.54 Å². The minimum Gasteiger partial charge on any atom is -0.366 e. The quantitative estimate of drug-likeness (QED) is 0.814. The van der Waals surface area contributed by atoms with Gasteiger partial charge in [-0.15, -0.1) is 11.3 Å². The second-order valence-electron chi connectivity index (χ2n) is 3.34. The number of hydrogen-bond donors (Lipinski definition) is 2. The number of carbonyl (C=O) groups is 1. The summed E-state index contributed by atoms with van der Waals surface area (Å²) in [7, 11) is 0. The molecule has 1 unspecified atom stereocenters. The molecular weight excluding hydrogens is 224 g/mol. The van der Waals surface area contributed by atoms with Crippen LogP contribution in [0.1, 0.15) is 21.3 Å². The van der Waals surface area contributed by atoms with E-state index in [9.17, 15) is 4.79 Å². The molecule has 2 aromatic heterocycles. The maximum atomic E-state index is 11.0. The second-order valence-corrected chi connectivity index (χ2v) is 4.32. The van der Waals surface area contributed by atoms with E-state index in [4.69, 9.17) is 11.5 Å². The molecule has 0 fully saturated rings. The van der Waals surface area contributed by atoms with Crippen LogP contribution < -0.4 is 11.5 Å². The van der Waals surface area contributed by atoms with Crippen LogP contribution in [0.3, 0.4) is 0 Å². The van der Waals surface area contributed by atoms with Crippen LogP contribution in [0.2, 0.25) is 0 Å². The lowest BCUT2D eigenvalue weighted by Gasteiger charge is -2.13. The first-order valence-corrected chi connectivity index (χ1v) is 5.67. The molecule has 84 valence electrons. The molecule has 0 bridgehead atoms. The fourth-order valence-corrected chi connectivity index (χ4v) is 2.30. The summed E-state index contributed by atoms with van der Waals surface area (Å²) < 4.78 is 1.67. The Kier molecular flexibility index (Phi) is 3.02. The highest BCUT2D eigenvalue weighted by atomic mass is 32.1. The van der Waals surface area contributed by atoms with Gasteiger partial charge in [-0.2, -0.15) is 5.10 Å². The van der Waals surface area contributed by atoms with E-state index in [1.165, 1.54) is 6.20 Å². The van der Waals surface area contributed by atoms with Crippen LogP contribution in [0.15, 0.2) is 29.9 Å². The smallest absolute Gasteiger partial charge is 0.251 e. The summed E-state index contributed by atoms with van der Waals surface area (Å²) in [6.45, 7) is 0.431. The summed E-state index contributed by atoms with van der Waals surface area (Å²) in [6.07, 6.45) is 3.08. The minimum absolute atomic E-state index is 0.0342. The molecule has 0 saturated carbocycles. The predicted octanol–water partition coefficient (Wildman–Crippen LogP) is 0.592. The maximum absolute atomic E-state index is 11.0. The second kappa shape index (κ2) is 4.46. The Morgan fingerprint density at radius 3 is 2.94 bits per heavy atom. The molecule has 16 heavy (non-hydrogen) atoms. The van der Waals surface area contributed by atoms with Crippen molar-refractivity contribution in [1.82, 2.24) is 9.78 Å². The van der Waals surface area contributed by atoms with Gasteiger partial charge in [-0.25, -0.2) is 0 Å². The van der Waals surface area contributed by atoms with Gasteiger partial charge in [-0.05, 0) is 11.4 Å². The summed E-state index contributed by atoms with van der Waals surface area (Å²) >= 11 is 1.61. The Balaban J connectivity index is 2.30. The van der Waals surface area contributed by atoms with Gasteiger partial charge >= 0.3 is 0 Å². The molecule has 0 aromatic carbocycles. The summed E-state index contributed by atoms with van der Waals surface area (Å²) in [4.78, 5) is 12.1. The van der Waals surface area contributed by atoms with E-state index in [0.29, 0.717) is 12.1 Å². The van der Waals surface area contributed by atoms with Crippen molar-refractivity contribution in [3.63, 3.8) is 0 Å². The third kappa shape index (κ3) is 1.98. The van der Waals surface area contributed by atoms with Crippen LogP contribution in [-0.2, 0) is 0 Å². The van der Waals surface area contributed by atoms with E-state index in [1.54, 1.807) is 22.2 Å². The average molecular weight is 236 g/mol. The topological polar surface area (TPSA) is 86.9 Å². The fraction of sp³-hybridized carbons (Fsp3) is 0.200. The van der Waals surface area contributed by atoms with Crippen molar-refractivity contribution in [2.45, 2.75) is 6.04 Å². The first-order chi connectivity index (χ1) is 7.72. The molecule has 0 radical (unpaired) electrons. The zero-order valence-corrected chi connectivity index (χ0v) is 9.35. The molecule has 0 aliphatic carbocycles. The number of nitrogens with zero attached hydrogens (tertiary/aromatic N) is 2. The molecule has 5 nitrogen and oxygen atoms in total. The summed E-state index contributed by atoms with van der Waals surface area (Å²) in [5.41, 5.74) is 11.3. The Morgan fingerprint density at radius 1 is 1.62 bits per heavy atom. The number of carbonyl (C=O) groups excluding carboxylic acids is 1. The van der Waals surface area contributed by atoms with Crippen LogP contribution in [-0.4, -0.2) is 22.2 Å². The number of primary amides is 1. The molecule has 2 aromatic rings. The van der Waals surface area contributed by atoms with Crippen molar-refractivity contribution in [3.05, 3.63) is 40.3 Å². The summed E-state index contributed by atoms with van der Waals surface area (Å²) in [5.74, 6) is -0.479. The van der Waals surface area contributed by atoms with Gasteiger partial charge in [-0.1, -0.05) is 6.07 Å². The first kappa shape index (κ1) is 10.8. The van der Waals surface area contributed by atoms with Crippen LogP contribution in [0.5, 0.6) is 0 Å². The highest BCUT2D eigenvalue weighted by Crippen LogP contribution is 2.21. The van der Waals surface area contributed by atoms with Crippen molar-refractivity contribution in [3.8, 4) is 0 Å². The predicted molar refractivity (Wildman–Crippen MR) is 62.3 cm³/mol. The monoisotopic (exact) mass is 236 g/mol. The number of thiophene rings is 1. The molecule has 6 heteroatoms. The lowest BCUT2D eigenvalue weighted by molar-refractivity contribution is 0.1000. The van der Waals surface area contributed by atoms with E-state index >= 15 is 0 Å². The zero-order chi connectivity index (χ0) is 11.5. The Morgan fingerprint density at radius 2 is 2.44 bits per heavy atom. The van der Waals surface area contributed by atoms with Gasteiger partial charge in [0.25, 0.3) is 5.91 Å². The van der Waals surface area contributed by atoms with E-state index in [0.717, 1.165) is 4.88 Å². The van der Waals surface area contributed by atoms with E-state index in [-0.39, 0.29) is 6.04 Å². The Labute approximate surface area is 96.7 Å². The molecule has 0 aliphatic rings. The number of hydrogen-bond acceptors (Lipinski definition) is 4. The van der Waals surface area contributed by atoms with Crippen molar-refractivity contribution < 1.29 is 4.79 Å². The third-order valence-electron chi connectivity index (χ3n) is 2.30. The largest absolute Gasteiger partial charge is 0.366 e. The highest BCUT2D eigenvalue weighted by Gasteiger charge is 2.15. The van der Waals surface area contributed by atoms with Crippen LogP contribution in [0.4, 0.5) is 0 Å². The van der Waals surface area contributed by atoms with Gasteiger partial charge in [0.15, 0.2) is 0 Å². The highest BCUT2D eigenvalue weighted by molar-refractivity contribution is 7.10. The zero-order valence-electron chi connectivity index (χ0n) is 8.54. The molecule has 4 N–H and O–H groups in total. The number of aromatic nitrogens is 2. The fourth-order valence-electron chi connectivity index (χ4n) is 1.47. The van der Waals surface area contributed by atoms with E-state index < -0.39 is 5.91 Å². The van der Waals surface area contributed by atoms with Gasteiger partial charge in [0.1, 0.15) is 0 Å². The molecular formula is C10H12N4OS. The van der Waals surface area contributed by atoms with Gasteiger partial charge in [0.2, 0.25) is 0 Å². The third-order valence-corrected chi connectivity index (χ3v) is 3.27. The standard InChI is InChI=1S/C10H12N4OS/c11-4-8(9-2-1-3-16-9)14-6-7(5-13-14)10(12)15/h1-3,5-6,8H,4,11H2,(H2,12,15). The van der Waals surface area contributed by atoms with Crippen molar-refractivity contribution in [1.29, 1.82) is 0 Å². The SMILES string of the molecule is NCC(c1cccs1)n1cc(C(N)=O)cn1. The van der Waals surface area contributed by atoms with Gasteiger partial charge in [0, 0.05) is 17.6 Å². The van der Waals surface area contributed by atoms with Crippen LogP contribution >= 0.6 is 11.3 Å². The minimum atomic E-state index is -0.479. The lowest BCUT2D eigenvalue weighted by Crippen LogP contribution is -2.20. The maximum Gasteiger partial charge on any atom is 0.251 e. The molecule has 0 aliphatic heterocycles. The van der Waals surface area contributed by atoms with E-state index in [1.807, 2.05) is 17.5 Å². The van der Waals surface area contributed by atoms with Crippen molar-refractivity contribution >= 4 is 17.2 Å². The van der Waals surface area contributed by atoms with Crippen LogP contribution in [0, 0.1) is 0 Å². The number of nitrogens with two attached hydrogens (primary N) is 2. The molecule has 1 amide bonds. The normalized spacial score (nSPS) is 12.6. The van der Waals surface area contributed by atoms with E-state index in [2.05, 4.69) is 5.10 Å². The summed E-state index contributed by atoms with van der Waals surface area (Å²) in [6, 6.07) is 3.92. The number of rotatable bonds is 4. The molecule has 2 heterocycles. The average Bonchev–Trinajstić information content (AvgIpc) is 2.88. The molecule has 1 atom stereocenters. The lowest BCUT2D eigenvalue weighted by atomic mass is 10.2. The Hall–Kier alpha value is -1.66. The van der Waals surface area contributed by atoms with Gasteiger partial charge < -0.3 is 11.5 Å². The van der Waals surface area contributed by atoms with Crippen molar-refractivity contribution in [2.24, 2.45) is 11.5 Å². The molecule has 2 rings (SSSR count). The van der Waals surface area contributed by atoms with Gasteiger partial charge in [-0.3, -0.25) is 9.48 Å². The molecule has 0 saturated heterocycles. The Bertz CT molecular complexity index is 477.